The van der Waals surface area contributed by atoms with E-state index in [1.807, 2.05) is 0 Å². The lowest BCUT2D eigenvalue weighted by molar-refractivity contribution is 0.0188. The van der Waals surface area contributed by atoms with E-state index in [2.05, 4.69) is 38.0 Å². The lowest BCUT2D eigenvalue weighted by Gasteiger charge is -2.46. The SMILES string of the molecule is C=C([C@H](NC(O)C1CNC2CCCCC2C1)C(C)C)C1(C)CCC(C2CCC(Cl)CC2)CC1. The van der Waals surface area contributed by atoms with E-state index in [1.54, 1.807) is 0 Å². The molecule has 33 heavy (non-hydrogen) atoms. The molecule has 1 heterocycles. The van der Waals surface area contributed by atoms with Crippen LogP contribution in [0.4, 0.5) is 0 Å². The maximum absolute atomic E-state index is 11.2. The molecule has 0 spiro atoms. The van der Waals surface area contributed by atoms with Crippen molar-refractivity contribution in [3.8, 4) is 0 Å². The summed E-state index contributed by atoms with van der Waals surface area (Å²) in [5, 5.41) is 19.1. The number of aliphatic hydroxyl groups is 1. The molecule has 4 fully saturated rings. The van der Waals surface area contributed by atoms with Gasteiger partial charge in [0.15, 0.2) is 0 Å². The topological polar surface area (TPSA) is 44.3 Å². The van der Waals surface area contributed by atoms with Gasteiger partial charge in [-0.2, -0.15) is 0 Å². The van der Waals surface area contributed by atoms with E-state index >= 15 is 0 Å². The molecular formula is C29H51ClN2O. The summed E-state index contributed by atoms with van der Waals surface area (Å²) in [4.78, 5) is 0. The van der Waals surface area contributed by atoms with Crippen LogP contribution in [0.15, 0.2) is 12.2 Å². The first-order chi connectivity index (χ1) is 15.8. The van der Waals surface area contributed by atoms with E-state index < -0.39 is 6.23 Å². The molecule has 4 aliphatic rings. The number of piperidine rings is 1. The first kappa shape index (κ1) is 26.0. The second kappa shape index (κ2) is 11.3. The summed E-state index contributed by atoms with van der Waals surface area (Å²) in [5.41, 5.74) is 1.51. The van der Waals surface area contributed by atoms with Gasteiger partial charge in [0.05, 0.1) is 0 Å². The minimum Gasteiger partial charge on any atom is -0.378 e. The zero-order valence-electron chi connectivity index (χ0n) is 21.6. The van der Waals surface area contributed by atoms with Crippen LogP contribution in [0.2, 0.25) is 0 Å². The number of aliphatic hydroxyl groups excluding tert-OH is 1. The molecule has 0 aromatic carbocycles. The molecule has 4 rings (SSSR count). The highest BCUT2D eigenvalue weighted by Crippen LogP contribution is 2.49. The van der Waals surface area contributed by atoms with Crippen LogP contribution in [0.3, 0.4) is 0 Å². The molecule has 0 aromatic rings. The van der Waals surface area contributed by atoms with Crippen molar-refractivity contribution in [3.63, 3.8) is 0 Å². The van der Waals surface area contributed by atoms with Gasteiger partial charge in [-0.1, -0.05) is 45.8 Å². The molecule has 1 aliphatic heterocycles. The van der Waals surface area contributed by atoms with Gasteiger partial charge in [-0.3, -0.25) is 5.32 Å². The second-order valence-electron chi connectivity index (χ2n) is 12.8. The third kappa shape index (κ3) is 6.19. The molecule has 3 N–H and O–H groups in total. The van der Waals surface area contributed by atoms with Gasteiger partial charge >= 0.3 is 0 Å². The zero-order valence-corrected chi connectivity index (χ0v) is 22.4. The Morgan fingerprint density at radius 2 is 1.61 bits per heavy atom. The second-order valence-corrected chi connectivity index (χ2v) is 13.4. The Kier molecular flexibility index (Phi) is 8.91. The number of halogens is 1. The monoisotopic (exact) mass is 478 g/mol. The van der Waals surface area contributed by atoms with Crippen molar-refractivity contribution in [1.29, 1.82) is 0 Å². The summed E-state index contributed by atoms with van der Waals surface area (Å²) < 4.78 is 0. The van der Waals surface area contributed by atoms with Crippen molar-refractivity contribution in [2.24, 2.45) is 35.0 Å². The van der Waals surface area contributed by atoms with Gasteiger partial charge in [-0.25, -0.2) is 0 Å². The van der Waals surface area contributed by atoms with Crippen LogP contribution in [0.1, 0.15) is 104 Å². The first-order valence-corrected chi connectivity index (χ1v) is 14.7. The number of hydrogen-bond donors (Lipinski definition) is 3. The van der Waals surface area contributed by atoms with Crippen LogP contribution in [0, 0.1) is 35.0 Å². The number of rotatable bonds is 7. The van der Waals surface area contributed by atoms with Crippen molar-refractivity contribution < 1.29 is 5.11 Å². The number of nitrogens with one attached hydrogen (secondary N) is 2. The molecule has 0 aromatic heterocycles. The molecule has 5 atom stereocenters. The van der Waals surface area contributed by atoms with Crippen molar-refractivity contribution >= 4 is 11.6 Å². The fourth-order valence-electron chi connectivity index (χ4n) is 7.78. The Bertz CT molecular complexity index is 636. The Hall–Kier alpha value is -0.0900. The molecule has 3 saturated carbocycles. The predicted octanol–water partition coefficient (Wildman–Crippen LogP) is 6.64. The van der Waals surface area contributed by atoms with Crippen molar-refractivity contribution in [2.75, 3.05) is 6.54 Å². The largest absolute Gasteiger partial charge is 0.378 e. The molecule has 4 heteroatoms. The molecule has 0 bridgehead atoms. The highest BCUT2D eigenvalue weighted by molar-refractivity contribution is 6.20. The molecule has 0 radical (unpaired) electrons. The van der Waals surface area contributed by atoms with Crippen molar-refractivity contribution in [1.82, 2.24) is 10.6 Å². The number of alkyl halides is 1. The molecule has 190 valence electrons. The van der Waals surface area contributed by atoms with Crippen LogP contribution in [0.5, 0.6) is 0 Å². The maximum atomic E-state index is 11.2. The first-order valence-electron chi connectivity index (χ1n) is 14.3. The highest BCUT2D eigenvalue weighted by atomic mass is 35.5. The maximum Gasteiger partial charge on any atom is 0.109 e. The van der Waals surface area contributed by atoms with E-state index in [-0.39, 0.29) is 11.5 Å². The van der Waals surface area contributed by atoms with E-state index in [1.165, 1.54) is 82.6 Å². The van der Waals surface area contributed by atoms with Gasteiger partial charge in [0.2, 0.25) is 0 Å². The van der Waals surface area contributed by atoms with Crippen molar-refractivity contribution in [3.05, 3.63) is 12.2 Å². The van der Waals surface area contributed by atoms with Crippen LogP contribution in [-0.4, -0.2) is 35.3 Å². The smallest absolute Gasteiger partial charge is 0.109 e. The van der Waals surface area contributed by atoms with Crippen LogP contribution in [0.25, 0.3) is 0 Å². The predicted molar refractivity (Wildman–Crippen MR) is 140 cm³/mol. The molecular weight excluding hydrogens is 428 g/mol. The van der Waals surface area contributed by atoms with Gasteiger partial charge in [-0.15, -0.1) is 11.6 Å². The minimum atomic E-state index is -0.449. The summed E-state index contributed by atoms with van der Waals surface area (Å²) >= 11 is 6.36. The molecule has 4 unspecified atom stereocenters. The Balaban J connectivity index is 1.32. The van der Waals surface area contributed by atoms with E-state index in [0.29, 0.717) is 23.3 Å². The van der Waals surface area contributed by atoms with E-state index in [9.17, 15) is 5.11 Å². The third-order valence-corrected chi connectivity index (χ3v) is 10.7. The number of fused-ring (bicyclic) bond motifs is 1. The van der Waals surface area contributed by atoms with Gasteiger partial charge in [0.1, 0.15) is 6.23 Å². The lowest BCUT2D eigenvalue weighted by atomic mass is 9.62. The Morgan fingerprint density at radius 3 is 2.27 bits per heavy atom. The van der Waals surface area contributed by atoms with E-state index in [4.69, 9.17) is 11.6 Å². The molecule has 1 saturated heterocycles. The highest BCUT2D eigenvalue weighted by Gasteiger charge is 2.41. The molecule has 3 aliphatic carbocycles. The van der Waals surface area contributed by atoms with Gasteiger partial charge in [0.25, 0.3) is 0 Å². The average molecular weight is 479 g/mol. The van der Waals surface area contributed by atoms with Gasteiger partial charge in [0, 0.05) is 29.9 Å². The quantitative estimate of drug-likeness (QED) is 0.218. The average Bonchev–Trinajstić information content (AvgIpc) is 2.82. The number of hydrogen-bond acceptors (Lipinski definition) is 3. The summed E-state index contributed by atoms with van der Waals surface area (Å²) in [6.45, 7) is 12.6. The summed E-state index contributed by atoms with van der Waals surface area (Å²) in [7, 11) is 0. The summed E-state index contributed by atoms with van der Waals surface area (Å²) in [5.74, 6) is 3.25. The minimum absolute atomic E-state index is 0.178. The van der Waals surface area contributed by atoms with Crippen LogP contribution < -0.4 is 10.6 Å². The zero-order chi connectivity index (χ0) is 23.6. The van der Waals surface area contributed by atoms with Crippen LogP contribution in [-0.2, 0) is 0 Å². The van der Waals surface area contributed by atoms with Gasteiger partial charge < -0.3 is 10.4 Å². The fraction of sp³-hybridized carbons (Fsp3) is 0.931. The lowest BCUT2D eigenvalue weighted by Crippen LogP contribution is -2.55. The van der Waals surface area contributed by atoms with Gasteiger partial charge in [-0.05, 0) is 99.7 Å². The van der Waals surface area contributed by atoms with E-state index in [0.717, 1.165) is 30.7 Å². The molecule has 0 amide bonds. The third-order valence-electron chi connectivity index (χ3n) is 10.3. The summed E-state index contributed by atoms with van der Waals surface area (Å²) in [6.07, 6.45) is 16.3. The standard InChI is InChI=1S/C29H51ClN2O/c1-19(2)27(32-28(33)24-17-23-7-5-6-8-26(23)31-18-24)20(3)29(4)15-13-22(14-16-29)21-9-11-25(30)12-10-21/h19,21-28,31-33H,3,5-18H2,1-2,4H3/t21?,22?,23?,24?,25?,26?,27-,28?,29?/m1/s1. The Labute approximate surface area is 208 Å². The fourth-order valence-corrected chi connectivity index (χ4v) is 8.04. The normalized spacial score (nSPS) is 41.9. The Morgan fingerprint density at radius 1 is 0.970 bits per heavy atom. The van der Waals surface area contributed by atoms with Crippen LogP contribution >= 0.6 is 11.6 Å². The summed E-state index contributed by atoms with van der Waals surface area (Å²) in [6, 6.07) is 0.865. The molecule has 3 nitrogen and oxygen atoms in total. The van der Waals surface area contributed by atoms with Crippen molar-refractivity contribution in [2.45, 2.75) is 128 Å².